The van der Waals surface area contributed by atoms with Gasteiger partial charge >= 0.3 is 0 Å². The Balaban J connectivity index is 2.30. The molecule has 1 fully saturated rings. The summed E-state index contributed by atoms with van der Waals surface area (Å²) in [7, 11) is -3.48. The Kier molecular flexibility index (Phi) is 4.76. The third-order valence-corrected chi connectivity index (χ3v) is 5.16. The Labute approximate surface area is 134 Å². The van der Waals surface area contributed by atoms with E-state index in [1.165, 1.54) is 9.21 Å². The Morgan fingerprint density at radius 1 is 1.26 bits per heavy atom. The van der Waals surface area contributed by atoms with Crippen molar-refractivity contribution in [2.24, 2.45) is 11.7 Å². The summed E-state index contributed by atoms with van der Waals surface area (Å²) in [6, 6.07) is 0. The first-order valence-electron chi connectivity index (χ1n) is 7.08. The number of hydrogen-bond donors (Lipinski definition) is 1. The molecule has 10 heteroatoms. The van der Waals surface area contributed by atoms with E-state index >= 15 is 0 Å². The first-order chi connectivity index (χ1) is 10.6. The number of carbonyl (C=O) groups is 2. The van der Waals surface area contributed by atoms with Gasteiger partial charge in [-0.1, -0.05) is 5.16 Å². The van der Waals surface area contributed by atoms with Crippen LogP contribution in [-0.4, -0.2) is 67.0 Å². The van der Waals surface area contributed by atoms with Crippen LogP contribution in [0.25, 0.3) is 0 Å². The van der Waals surface area contributed by atoms with Crippen LogP contribution in [0.2, 0.25) is 0 Å². The molecule has 0 saturated carbocycles. The van der Waals surface area contributed by atoms with Crippen LogP contribution in [0, 0.1) is 19.8 Å². The van der Waals surface area contributed by atoms with E-state index in [1.54, 1.807) is 13.8 Å². The summed E-state index contributed by atoms with van der Waals surface area (Å²) >= 11 is 0. The van der Waals surface area contributed by atoms with Gasteiger partial charge in [-0.05, 0) is 13.8 Å². The zero-order chi connectivity index (χ0) is 17.4. The fourth-order valence-corrected chi connectivity index (χ4v) is 3.46. The number of aryl methyl sites for hydroxylation is 2. The summed E-state index contributed by atoms with van der Waals surface area (Å²) in [6.07, 6.45) is 1.07. The second kappa shape index (κ2) is 6.28. The zero-order valence-corrected chi connectivity index (χ0v) is 14.1. The number of rotatable bonds is 3. The fraction of sp³-hybridized carbons (Fsp3) is 0.615. The molecule has 128 valence electrons. The second-order valence-corrected chi connectivity index (χ2v) is 7.65. The third-order valence-electron chi connectivity index (χ3n) is 3.89. The minimum Gasteiger partial charge on any atom is -0.369 e. The van der Waals surface area contributed by atoms with Crippen molar-refractivity contribution in [2.45, 2.75) is 13.8 Å². The standard InChI is InChI=1S/C13H20N4O5S/c1-8-11(9(2)22-15-8)13(19)16-4-5-17(23(3,20)21)7-10(6-16)12(14)18/h10H,4-7H2,1-3H3,(H2,14,18)/t10-/m1/s1. The maximum absolute atomic E-state index is 12.7. The maximum Gasteiger partial charge on any atom is 0.259 e. The maximum atomic E-state index is 12.7. The van der Waals surface area contributed by atoms with Crippen LogP contribution in [0.5, 0.6) is 0 Å². The summed E-state index contributed by atoms with van der Waals surface area (Å²) in [5.74, 6) is -1.37. The summed E-state index contributed by atoms with van der Waals surface area (Å²) in [6.45, 7) is 3.58. The summed E-state index contributed by atoms with van der Waals surface area (Å²) in [5.41, 5.74) is 6.14. The molecular formula is C13H20N4O5S. The number of hydrogen-bond acceptors (Lipinski definition) is 6. The lowest BCUT2D eigenvalue weighted by Crippen LogP contribution is -2.41. The van der Waals surface area contributed by atoms with Crippen LogP contribution in [0.1, 0.15) is 21.8 Å². The van der Waals surface area contributed by atoms with Gasteiger partial charge in [0.2, 0.25) is 15.9 Å². The fourth-order valence-electron chi connectivity index (χ4n) is 2.60. The molecule has 0 spiro atoms. The predicted octanol–water partition coefficient (Wildman–Crippen LogP) is -0.890. The van der Waals surface area contributed by atoms with Crippen LogP contribution >= 0.6 is 0 Å². The van der Waals surface area contributed by atoms with Crippen molar-refractivity contribution in [3.05, 3.63) is 17.0 Å². The number of amides is 2. The predicted molar refractivity (Wildman–Crippen MR) is 81.0 cm³/mol. The highest BCUT2D eigenvalue weighted by molar-refractivity contribution is 7.88. The van der Waals surface area contributed by atoms with Crippen molar-refractivity contribution < 1.29 is 22.5 Å². The van der Waals surface area contributed by atoms with Crippen LogP contribution in [0.15, 0.2) is 4.52 Å². The van der Waals surface area contributed by atoms with Crippen molar-refractivity contribution >= 4 is 21.8 Å². The quantitative estimate of drug-likeness (QED) is 0.758. The molecule has 0 radical (unpaired) electrons. The van der Waals surface area contributed by atoms with E-state index in [0.29, 0.717) is 17.0 Å². The van der Waals surface area contributed by atoms with Crippen LogP contribution < -0.4 is 5.73 Å². The van der Waals surface area contributed by atoms with E-state index in [9.17, 15) is 18.0 Å². The van der Waals surface area contributed by atoms with Crippen LogP contribution in [-0.2, 0) is 14.8 Å². The molecule has 1 atom stereocenters. The van der Waals surface area contributed by atoms with E-state index in [0.717, 1.165) is 6.26 Å². The lowest BCUT2D eigenvalue weighted by Gasteiger charge is -2.22. The molecule has 0 bridgehead atoms. The molecule has 2 amide bonds. The molecule has 9 nitrogen and oxygen atoms in total. The minimum absolute atomic E-state index is 0.0282. The van der Waals surface area contributed by atoms with E-state index in [2.05, 4.69) is 5.16 Å². The second-order valence-electron chi connectivity index (χ2n) is 5.67. The van der Waals surface area contributed by atoms with Gasteiger partial charge in [-0.3, -0.25) is 9.59 Å². The van der Waals surface area contributed by atoms with Gasteiger partial charge in [0.1, 0.15) is 11.3 Å². The molecule has 2 rings (SSSR count). The Hall–Kier alpha value is -1.94. The number of nitrogens with zero attached hydrogens (tertiary/aromatic N) is 3. The van der Waals surface area contributed by atoms with E-state index in [1.807, 2.05) is 0 Å². The third kappa shape index (κ3) is 3.70. The van der Waals surface area contributed by atoms with Crippen LogP contribution in [0.3, 0.4) is 0 Å². The first kappa shape index (κ1) is 17.4. The smallest absolute Gasteiger partial charge is 0.259 e. The van der Waals surface area contributed by atoms with Gasteiger partial charge in [0.15, 0.2) is 0 Å². The zero-order valence-electron chi connectivity index (χ0n) is 13.3. The molecule has 1 aliphatic rings. The highest BCUT2D eigenvalue weighted by atomic mass is 32.2. The molecule has 0 aromatic carbocycles. The number of primary amides is 1. The molecule has 2 heterocycles. The summed E-state index contributed by atoms with van der Waals surface area (Å²) in [5, 5.41) is 3.74. The van der Waals surface area contributed by atoms with Gasteiger partial charge in [-0.15, -0.1) is 0 Å². The van der Waals surface area contributed by atoms with Gasteiger partial charge in [0.25, 0.3) is 5.91 Å². The Morgan fingerprint density at radius 2 is 1.91 bits per heavy atom. The van der Waals surface area contributed by atoms with E-state index in [-0.39, 0.29) is 32.1 Å². The largest absolute Gasteiger partial charge is 0.369 e. The molecule has 23 heavy (non-hydrogen) atoms. The molecule has 0 aliphatic carbocycles. The molecule has 2 N–H and O–H groups in total. The minimum atomic E-state index is -3.48. The molecule has 1 aromatic rings. The average molecular weight is 344 g/mol. The molecule has 0 unspecified atom stereocenters. The highest BCUT2D eigenvalue weighted by Crippen LogP contribution is 2.19. The van der Waals surface area contributed by atoms with Crippen molar-refractivity contribution in [1.82, 2.24) is 14.4 Å². The SMILES string of the molecule is Cc1noc(C)c1C(=O)N1CCN(S(C)(=O)=O)C[C@H](C(N)=O)C1. The van der Waals surface area contributed by atoms with E-state index < -0.39 is 21.8 Å². The lowest BCUT2D eigenvalue weighted by molar-refractivity contribution is -0.122. The number of carbonyl (C=O) groups excluding carboxylic acids is 2. The number of sulfonamides is 1. The van der Waals surface area contributed by atoms with Crippen molar-refractivity contribution in [2.75, 3.05) is 32.4 Å². The molecule has 1 aromatic heterocycles. The molecular weight excluding hydrogens is 324 g/mol. The van der Waals surface area contributed by atoms with Crippen molar-refractivity contribution in [3.63, 3.8) is 0 Å². The van der Waals surface area contributed by atoms with Crippen molar-refractivity contribution in [3.8, 4) is 0 Å². The topological polar surface area (TPSA) is 127 Å². The Bertz CT molecular complexity index is 707. The van der Waals surface area contributed by atoms with Gasteiger partial charge in [0.05, 0.1) is 17.9 Å². The highest BCUT2D eigenvalue weighted by Gasteiger charge is 2.34. The molecule has 1 aliphatic heterocycles. The van der Waals surface area contributed by atoms with Gasteiger partial charge in [-0.25, -0.2) is 8.42 Å². The summed E-state index contributed by atoms with van der Waals surface area (Å²) < 4.78 is 29.7. The van der Waals surface area contributed by atoms with E-state index in [4.69, 9.17) is 10.3 Å². The number of aromatic nitrogens is 1. The monoisotopic (exact) mass is 344 g/mol. The Morgan fingerprint density at radius 3 is 2.39 bits per heavy atom. The normalized spacial score (nSPS) is 20.3. The molecule has 1 saturated heterocycles. The van der Waals surface area contributed by atoms with Gasteiger partial charge in [0, 0.05) is 26.2 Å². The van der Waals surface area contributed by atoms with Crippen LogP contribution in [0.4, 0.5) is 0 Å². The van der Waals surface area contributed by atoms with Crippen molar-refractivity contribution in [1.29, 1.82) is 0 Å². The summed E-state index contributed by atoms with van der Waals surface area (Å²) in [4.78, 5) is 25.7. The van der Waals surface area contributed by atoms with Gasteiger partial charge < -0.3 is 15.2 Å². The average Bonchev–Trinajstić information content (AvgIpc) is 2.65. The van der Waals surface area contributed by atoms with Gasteiger partial charge in [-0.2, -0.15) is 4.31 Å². The first-order valence-corrected chi connectivity index (χ1v) is 8.92. The lowest BCUT2D eigenvalue weighted by atomic mass is 10.1. The number of nitrogens with two attached hydrogens (primary N) is 1.